The average molecular weight is 521 g/mol. The lowest BCUT2D eigenvalue weighted by Gasteiger charge is -2.31. The summed E-state index contributed by atoms with van der Waals surface area (Å²) in [6.07, 6.45) is 2.19. The molecule has 0 amide bonds. The van der Waals surface area contributed by atoms with Crippen molar-refractivity contribution < 1.29 is 19.0 Å². The standard InChI is InChI=1S/C21H25FN2O.C9H10O2.C2H6/c1-16(2)14-24-12-10-17(11-13-24)20-8-5-9-21(23-20)25-15-18-6-3-4-7-19(18)22;1-6-3-4-8(9(10)11)5-7(6)2;1-2/h3-9,17H,1,10-15H2,2H3;3-5H,1-2H3,(H,10,11);1-2H3. The topological polar surface area (TPSA) is 62.7 Å². The van der Waals surface area contributed by atoms with Gasteiger partial charge in [-0.2, -0.15) is 0 Å². The van der Waals surface area contributed by atoms with Gasteiger partial charge in [0, 0.05) is 29.8 Å². The van der Waals surface area contributed by atoms with E-state index in [2.05, 4.69) is 29.5 Å². The Bertz CT molecular complexity index is 1190. The molecule has 204 valence electrons. The first-order chi connectivity index (χ1) is 18.2. The minimum absolute atomic E-state index is 0.195. The highest BCUT2D eigenvalue weighted by molar-refractivity contribution is 5.87. The smallest absolute Gasteiger partial charge is 0.335 e. The number of benzene rings is 2. The fourth-order valence-corrected chi connectivity index (χ4v) is 4.15. The Morgan fingerprint density at radius 1 is 1.05 bits per heavy atom. The van der Waals surface area contributed by atoms with E-state index in [1.54, 1.807) is 24.3 Å². The van der Waals surface area contributed by atoms with Crippen LogP contribution in [-0.2, 0) is 6.61 Å². The number of ether oxygens (including phenoxy) is 1. The first-order valence-electron chi connectivity index (χ1n) is 13.2. The van der Waals surface area contributed by atoms with Gasteiger partial charge in [-0.1, -0.05) is 56.3 Å². The summed E-state index contributed by atoms with van der Waals surface area (Å²) < 4.78 is 19.4. The van der Waals surface area contributed by atoms with Gasteiger partial charge in [-0.15, -0.1) is 0 Å². The number of rotatable bonds is 7. The monoisotopic (exact) mass is 520 g/mol. The van der Waals surface area contributed by atoms with Crippen LogP contribution < -0.4 is 4.74 Å². The van der Waals surface area contributed by atoms with E-state index in [-0.39, 0.29) is 12.4 Å². The van der Waals surface area contributed by atoms with Gasteiger partial charge in [-0.3, -0.25) is 4.90 Å². The lowest BCUT2D eigenvalue weighted by molar-refractivity contribution is 0.0696. The quantitative estimate of drug-likeness (QED) is 0.325. The largest absolute Gasteiger partial charge is 0.478 e. The second-order valence-corrected chi connectivity index (χ2v) is 9.39. The summed E-state index contributed by atoms with van der Waals surface area (Å²) in [4.78, 5) is 17.6. The number of pyridine rings is 1. The molecule has 0 saturated carbocycles. The lowest BCUT2D eigenvalue weighted by atomic mass is 9.93. The van der Waals surface area contributed by atoms with Crippen molar-refractivity contribution in [1.82, 2.24) is 9.88 Å². The number of hydrogen-bond donors (Lipinski definition) is 1. The first-order valence-corrected chi connectivity index (χ1v) is 13.2. The molecule has 0 radical (unpaired) electrons. The molecule has 0 spiro atoms. The maximum atomic E-state index is 13.7. The van der Waals surface area contributed by atoms with Crippen molar-refractivity contribution >= 4 is 5.97 Å². The number of hydrogen-bond acceptors (Lipinski definition) is 4. The predicted octanol–water partition coefficient (Wildman–Crippen LogP) is 7.58. The zero-order chi connectivity index (χ0) is 28.1. The van der Waals surface area contributed by atoms with Crippen LogP contribution >= 0.6 is 0 Å². The molecule has 6 heteroatoms. The normalized spacial score (nSPS) is 13.4. The van der Waals surface area contributed by atoms with Crippen LogP contribution in [0, 0.1) is 19.7 Å². The molecule has 0 aliphatic carbocycles. The number of likely N-dealkylation sites (tertiary alicyclic amines) is 1. The Kier molecular flexibility index (Phi) is 12.7. The molecule has 0 bridgehead atoms. The van der Waals surface area contributed by atoms with Crippen LogP contribution in [0.2, 0.25) is 0 Å². The van der Waals surface area contributed by atoms with E-state index < -0.39 is 5.97 Å². The van der Waals surface area contributed by atoms with Gasteiger partial charge in [0.1, 0.15) is 12.4 Å². The van der Waals surface area contributed by atoms with Crippen LogP contribution in [0.3, 0.4) is 0 Å². The Morgan fingerprint density at radius 3 is 2.34 bits per heavy atom. The minimum atomic E-state index is -0.867. The van der Waals surface area contributed by atoms with Gasteiger partial charge in [-0.25, -0.2) is 14.2 Å². The highest BCUT2D eigenvalue weighted by atomic mass is 19.1. The van der Waals surface area contributed by atoms with E-state index in [1.165, 1.54) is 11.6 Å². The summed E-state index contributed by atoms with van der Waals surface area (Å²) in [5, 5.41) is 8.60. The van der Waals surface area contributed by atoms with Gasteiger partial charge in [0.25, 0.3) is 0 Å². The Balaban J connectivity index is 0.000000327. The van der Waals surface area contributed by atoms with E-state index in [1.807, 2.05) is 52.0 Å². The Morgan fingerprint density at radius 2 is 1.74 bits per heavy atom. The van der Waals surface area contributed by atoms with Crippen molar-refractivity contribution in [2.75, 3.05) is 19.6 Å². The average Bonchev–Trinajstić information content (AvgIpc) is 2.91. The highest BCUT2D eigenvalue weighted by Crippen LogP contribution is 2.28. The van der Waals surface area contributed by atoms with E-state index in [4.69, 9.17) is 9.84 Å². The third-order valence-electron chi connectivity index (χ3n) is 6.33. The fourth-order valence-electron chi connectivity index (χ4n) is 4.15. The number of carboxylic acid groups (broad SMARTS) is 1. The van der Waals surface area contributed by atoms with Gasteiger partial charge in [-0.05, 0) is 82.1 Å². The van der Waals surface area contributed by atoms with Crippen molar-refractivity contribution in [3.63, 3.8) is 0 Å². The number of carbonyl (C=O) groups is 1. The van der Waals surface area contributed by atoms with E-state index in [9.17, 15) is 9.18 Å². The number of piperidine rings is 1. The molecule has 1 aliphatic rings. The third-order valence-corrected chi connectivity index (χ3v) is 6.33. The second-order valence-electron chi connectivity index (χ2n) is 9.39. The van der Waals surface area contributed by atoms with Crippen LogP contribution in [-0.4, -0.2) is 40.6 Å². The maximum absolute atomic E-state index is 13.7. The zero-order valence-corrected chi connectivity index (χ0v) is 23.3. The summed E-state index contributed by atoms with van der Waals surface area (Å²) in [7, 11) is 0. The van der Waals surface area contributed by atoms with Gasteiger partial charge in [0.05, 0.1) is 5.56 Å². The Labute approximate surface area is 227 Å². The lowest BCUT2D eigenvalue weighted by Crippen LogP contribution is -2.34. The SMILES string of the molecule is C=C(C)CN1CCC(c2cccc(OCc3ccccc3F)n2)CC1.CC.Cc1ccc(C(=O)O)cc1C. The van der Waals surface area contributed by atoms with Gasteiger partial charge < -0.3 is 9.84 Å². The van der Waals surface area contributed by atoms with Crippen LogP contribution in [0.15, 0.2) is 72.8 Å². The van der Waals surface area contributed by atoms with Crippen LogP contribution in [0.5, 0.6) is 5.88 Å². The molecule has 2 heterocycles. The molecule has 38 heavy (non-hydrogen) atoms. The maximum Gasteiger partial charge on any atom is 0.335 e. The van der Waals surface area contributed by atoms with Crippen LogP contribution in [0.25, 0.3) is 0 Å². The molecule has 2 aromatic carbocycles. The molecule has 1 N–H and O–H groups in total. The van der Waals surface area contributed by atoms with Gasteiger partial charge in [0.2, 0.25) is 5.88 Å². The van der Waals surface area contributed by atoms with Crippen molar-refractivity contribution in [2.45, 2.75) is 60.0 Å². The molecular formula is C32H41FN2O3. The summed E-state index contributed by atoms with van der Waals surface area (Å²) in [6, 6.07) is 17.6. The molecule has 1 fully saturated rings. The van der Waals surface area contributed by atoms with Crippen molar-refractivity contribution in [3.05, 3.63) is 107 Å². The highest BCUT2D eigenvalue weighted by Gasteiger charge is 2.21. The number of aryl methyl sites for hydroxylation is 2. The predicted molar refractivity (Wildman–Crippen MR) is 152 cm³/mol. The molecule has 0 unspecified atom stereocenters. The van der Waals surface area contributed by atoms with Gasteiger partial charge >= 0.3 is 5.97 Å². The number of nitrogens with zero attached hydrogens (tertiary/aromatic N) is 2. The molecule has 1 aromatic heterocycles. The number of aromatic carboxylic acids is 1. The molecule has 3 aromatic rings. The fraction of sp³-hybridized carbons (Fsp3) is 0.375. The van der Waals surface area contributed by atoms with Gasteiger partial charge in [0.15, 0.2) is 0 Å². The first kappa shape index (κ1) is 30.7. The molecule has 5 nitrogen and oxygen atoms in total. The van der Waals surface area contributed by atoms with Crippen molar-refractivity contribution in [2.24, 2.45) is 0 Å². The van der Waals surface area contributed by atoms with E-state index in [0.717, 1.165) is 49.3 Å². The zero-order valence-electron chi connectivity index (χ0n) is 23.3. The van der Waals surface area contributed by atoms with E-state index >= 15 is 0 Å². The second kappa shape index (κ2) is 15.7. The van der Waals surface area contributed by atoms with Crippen molar-refractivity contribution in [1.29, 1.82) is 0 Å². The van der Waals surface area contributed by atoms with Crippen LogP contribution in [0.1, 0.15) is 72.3 Å². The summed E-state index contributed by atoms with van der Waals surface area (Å²) in [6.45, 7) is 17.2. The molecule has 0 atom stereocenters. The summed E-state index contributed by atoms with van der Waals surface area (Å²) in [5.74, 6) is -0.0971. The van der Waals surface area contributed by atoms with Crippen molar-refractivity contribution in [3.8, 4) is 5.88 Å². The molecular weight excluding hydrogens is 479 g/mol. The Hall–Kier alpha value is -3.51. The summed E-state index contributed by atoms with van der Waals surface area (Å²) >= 11 is 0. The molecule has 1 aliphatic heterocycles. The molecule has 4 rings (SSSR count). The van der Waals surface area contributed by atoms with Crippen LogP contribution in [0.4, 0.5) is 4.39 Å². The third kappa shape index (κ3) is 9.75. The molecule has 1 saturated heterocycles. The number of halogens is 1. The number of aromatic nitrogens is 1. The minimum Gasteiger partial charge on any atom is -0.478 e. The number of carboxylic acids is 1. The summed E-state index contributed by atoms with van der Waals surface area (Å²) in [5.41, 5.74) is 5.32. The van der Waals surface area contributed by atoms with E-state index in [0.29, 0.717) is 22.9 Å².